The number of aliphatic hydroxyl groups is 2. The van der Waals surface area contributed by atoms with Crippen LogP contribution in [0.5, 0.6) is 0 Å². The lowest BCUT2D eigenvalue weighted by Gasteiger charge is -2.42. The Morgan fingerprint density at radius 2 is 1.39 bits per heavy atom. The monoisotopic (exact) mass is 260 g/mol. The van der Waals surface area contributed by atoms with Crippen LogP contribution in [0.2, 0.25) is 0 Å². The summed E-state index contributed by atoms with van der Waals surface area (Å²) in [7, 11) is 0. The Morgan fingerprint density at radius 3 is 1.44 bits per heavy atom. The summed E-state index contributed by atoms with van der Waals surface area (Å²) in [6.07, 6.45) is 0. The van der Waals surface area contributed by atoms with E-state index >= 15 is 0 Å². The van der Waals surface area contributed by atoms with Gasteiger partial charge in [0.25, 0.3) is 0 Å². The van der Waals surface area contributed by atoms with Crippen molar-refractivity contribution in [3.8, 4) is 0 Å². The first kappa shape index (κ1) is 19.5. The normalized spacial score (nSPS) is 13.7. The van der Waals surface area contributed by atoms with Gasteiger partial charge in [-0.15, -0.1) is 0 Å². The van der Waals surface area contributed by atoms with Gasteiger partial charge in [0.2, 0.25) is 0 Å². The number of hydrogen-bond donors (Lipinski definition) is 3. The summed E-state index contributed by atoms with van der Waals surface area (Å²) < 4.78 is 0. The average molecular weight is 260 g/mol. The largest absolute Gasteiger partial charge is 0.478 e. The van der Waals surface area contributed by atoms with E-state index in [0.717, 1.165) is 0 Å². The van der Waals surface area contributed by atoms with Crippen LogP contribution in [0, 0.1) is 17.3 Å². The van der Waals surface area contributed by atoms with Gasteiger partial charge in [-0.1, -0.05) is 41.2 Å². The molecule has 0 radical (unpaired) electrons. The van der Waals surface area contributed by atoms with Gasteiger partial charge >= 0.3 is 5.97 Å². The highest BCUT2D eigenvalue weighted by molar-refractivity contribution is 5.84. The molecular formula is C14H28O4. The average Bonchev–Trinajstić information content (AvgIpc) is 2.15. The minimum atomic E-state index is -1.60. The predicted octanol–water partition coefficient (Wildman–Crippen LogP) is 2.65. The maximum atomic E-state index is 9.60. The van der Waals surface area contributed by atoms with Crippen LogP contribution in [0.3, 0.4) is 0 Å². The van der Waals surface area contributed by atoms with E-state index < -0.39 is 17.2 Å². The predicted molar refractivity (Wildman–Crippen MR) is 73.1 cm³/mol. The van der Waals surface area contributed by atoms with Crippen LogP contribution in [0.1, 0.15) is 48.5 Å². The molecule has 18 heavy (non-hydrogen) atoms. The van der Waals surface area contributed by atoms with E-state index in [4.69, 9.17) is 5.11 Å². The number of carbonyl (C=O) groups is 1. The molecule has 0 saturated carbocycles. The van der Waals surface area contributed by atoms with Crippen molar-refractivity contribution in [1.82, 2.24) is 0 Å². The molecule has 3 N–H and O–H groups in total. The molecule has 0 aromatic rings. The minimum Gasteiger partial charge on any atom is -0.478 e. The van der Waals surface area contributed by atoms with E-state index in [1.54, 1.807) is 0 Å². The van der Waals surface area contributed by atoms with Crippen molar-refractivity contribution < 1.29 is 20.1 Å². The van der Waals surface area contributed by atoms with Gasteiger partial charge in [-0.25, -0.2) is 4.79 Å². The fourth-order valence-corrected chi connectivity index (χ4v) is 1.26. The Hall–Kier alpha value is -0.870. The second-order valence-electron chi connectivity index (χ2n) is 5.86. The highest BCUT2D eigenvalue weighted by atomic mass is 16.5. The topological polar surface area (TPSA) is 77.8 Å². The van der Waals surface area contributed by atoms with Crippen LogP contribution in [-0.2, 0) is 4.79 Å². The summed E-state index contributed by atoms with van der Waals surface area (Å²) in [4.78, 5) is 9.60. The van der Waals surface area contributed by atoms with Crippen LogP contribution in [0.25, 0.3) is 0 Å². The van der Waals surface area contributed by atoms with Crippen molar-refractivity contribution in [3.05, 3.63) is 12.2 Å². The molecule has 0 aromatic heterocycles. The van der Waals surface area contributed by atoms with E-state index in [0.29, 0.717) is 5.92 Å². The van der Waals surface area contributed by atoms with Gasteiger partial charge in [0.05, 0.1) is 0 Å². The van der Waals surface area contributed by atoms with Crippen molar-refractivity contribution >= 4 is 5.97 Å². The van der Waals surface area contributed by atoms with Crippen LogP contribution in [-0.4, -0.2) is 27.1 Å². The fraction of sp³-hybridized carbons (Fsp3) is 0.786. The molecule has 1 atom stereocenters. The lowest BCUT2D eigenvalue weighted by Crippen LogP contribution is -2.47. The van der Waals surface area contributed by atoms with E-state index in [-0.39, 0.29) is 11.5 Å². The smallest absolute Gasteiger partial charge is 0.330 e. The lowest BCUT2D eigenvalue weighted by molar-refractivity contribution is -0.237. The van der Waals surface area contributed by atoms with Crippen molar-refractivity contribution in [2.75, 3.05) is 0 Å². The minimum absolute atomic E-state index is 0.176. The molecule has 4 nitrogen and oxygen atoms in total. The maximum absolute atomic E-state index is 9.60. The zero-order valence-corrected chi connectivity index (χ0v) is 12.6. The molecule has 0 saturated heterocycles. The Kier molecular flexibility index (Phi) is 7.47. The molecule has 0 bridgehead atoms. The van der Waals surface area contributed by atoms with E-state index in [1.165, 1.54) is 13.8 Å². The second kappa shape index (κ2) is 6.90. The first-order valence-electron chi connectivity index (χ1n) is 6.08. The SMILES string of the molecule is C=C(C)C(=O)O.CC(C)C(C)C(C)(C)C(C)(O)O. The molecule has 0 aliphatic rings. The molecular weight excluding hydrogens is 232 g/mol. The van der Waals surface area contributed by atoms with Gasteiger partial charge in [-0.05, 0) is 25.7 Å². The first-order chi connectivity index (χ1) is 7.75. The molecule has 0 aliphatic carbocycles. The maximum Gasteiger partial charge on any atom is 0.330 e. The molecule has 0 spiro atoms. The molecule has 0 aromatic carbocycles. The number of carboxylic acids is 1. The summed E-state index contributed by atoms with van der Waals surface area (Å²) in [6.45, 7) is 16.1. The van der Waals surface area contributed by atoms with E-state index in [1.807, 2.05) is 13.8 Å². The quantitative estimate of drug-likeness (QED) is 0.536. The number of hydrogen-bond acceptors (Lipinski definition) is 3. The molecule has 0 rings (SSSR count). The van der Waals surface area contributed by atoms with Gasteiger partial charge in [0, 0.05) is 11.0 Å². The third-order valence-electron chi connectivity index (χ3n) is 3.72. The number of rotatable bonds is 4. The van der Waals surface area contributed by atoms with Gasteiger partial charge in [-0.2, -0.15) is 0 Å². The number of aliphatic carboxylic acids is 1. The van der Waals surface area contributed by atoms with E-state index in [9.17, 15) is 15.0 Å². The molecule has 4 heteroatoms. The summed E-state index contributed by atoms with van der Waals surface area (Å²) in [5.74, 6) is -1.80. The van der Waals surface area contributed by atoms with Gasteiger partial charge < -0.3 is 15.3 Å². The second-order valence-corrected chi connectivity index (χ2v) is 5.86. The Bertz CT molecular complexity index is 273. The molecule has 0 heterocycles. The van der Waals surface area contributed by atoms with Crippen molar-refractivity contribution in [1.29, 1.82) is 0 Å². The van der Waals surface area contributed by atoms with Crippen LogP contribution in [0.15, 0.2) is 12.2 Å². The molecule has 0 aliphatic heterocycles. The van der Waals surface area contributed by atoms with E-state index in [2.05, 4.69) is 27.4 Å². The van der Waals surface area contributed by atoms with Crippen molar-refractivity contribution in [2.24, 2.45) is 17.3 Å². The standard InChI is InChI=1S/C10H22O2.C4H6O2/c1-7(2)8(3)9(4,5)10(6,11)12;1-3(2)4(5)6/h7-8,11-12H,1-6H3;1H2,2H3,(H,5,6). The molecule has 108 valence electrons. The zero-order valence-electron chi connectivity index (χ0n) is 12.6. The molecule has 1 unspecified atom stereocenters. The third-order valence-corrected chi connectivity index (χ3v) is 3.72. The van der Waals surface area contributed by atoms with Crippen LogP contribution < -0.4 is 0 Å². The summed E-state index contributed by atoms with van der Waals surface area (Å²) in [5, 5.41) is 26.9. The van der Waals surface area contributed by atoms with Gasteiger partial charge in [-0.3, -0.25) is 0 Å². The van der Waals surface area contributed by atoms with Crippen LogP contribution >= 0.6 is 0 Å². The molecule has 0 fully saturated rings. The Morgan fingerprint density at radius 1 is 1.11 bits per heavy atom. The van der Waals surface area contributed by atoms with Gasteiger partial charge in [0.15, 0.2) is 5.79 Å². The lowest BCUT2D eigenvalue weighted by atomic mass is 9.69. The zero-order chi connectivity index (χ0) is 15.3. The Balaban J connectivity index is 0. The molecule has 0 amide bonds. The highest BCUT2D eigenvalue weighted by Crippen LogP contribution is 2.39. The Labute approximate surface area is 110 Å². The van der Waals surface area contributed by atoms with Gasteiger partial charge in [0.1, 0.15) is 0 Å². The fourth-order valence-electron chi connectivity index (χ4n) is 1.26. The van der Waals surface area contributed by atoms with Crippen molar-refractivity contribution in [3.63, 3.8) is 0 Å². The van der Waals surface area contributed by atoms with Crippen molar-refractivity contribution in [2.45, 2.75) is 54.3 Å². The first-order valence-corrected chi connectivity index (χ1v) is 6.08. The summed E-state index contributed by atoms with van der Waals surface area (Å²) in [6, 6.07) is 0. The highest BCUT2D eigenvalue weighted by Gasteiger charge is 2.42. The van der Waals surface area contributed by atoms with Crippen LogP contribution in [0.4, 0.5) is 0 Å². The number of carboxylic acid groups (broad SMARTS) is 1. The summed E-state index contributed by atoms with van der Waals surface area (Å²) >= 11 is 0. The summed E-state index contributed by atoms with van der Waals surface area (Å²) in [5.41, 5.74) is -0.295. The third kappa shape index (κ3) is 6.17.